The molecule has 1 amide bonds. The van der Waals surface area contributed by atoms with Gasteiger partial charge in [0.2, 0.25) is 5.91 Å². The van der Waals surface area contributed by atoms with Gasteiger partial charge in [-0.15, -0.1) is 0 Å². The predicted octanol–water partition coefficient (Wildman–Crippen LogP) is -4.29. The molecule has 0 saturated heterocycles. The first-order valence-electron chi connectivity index (χ1n) is 2.68. The van der Waals surface area contributed by atoms with E-state index in [1.54, 1.807) is 19.0 Å². The molecule has 0 aliphatic carbocycles. The lowest BCUT2D eigenvalue weighted by Crippen LogP contribution is -3.00. The lowest BCUT2D eigenvalue weighted by atomic mass is 10.6. The van der Waals surface area contributed by atoms with Crippen LogP contribution in [-0.4, -0.2) is 31.4 Å². The van der Waals surface area contributed by atoms with E-state index in [9.17, 15) is 4.79 Å². The van der Waals surface area contributed by atoms with Gasteiger partial charge in [0.05, 0.1) is 13.0 Å². The summed E-state index contributed by atoms with van der Waals surface area (Å²) in [5, 5.41) is 0. The minimum absolute atomic E-state index is 0. The van der Waals surface area contributed by atoms with Crippen molar-refractivity contribution in [2.24, 2.45) is 0 Å². The molecule has 0 spiro atoms. The second kappa shape index (κ2) is 5.85. The van der Waals surface area contributed by atoms with Crippen LogP contribution in [0.3, 0.4) is 0 Å². The van der Waals surface area contributed by atoms with Crippen molar-refractivity contribution in [3.8, 4) is 0 Å². The summed E-state index contributed by atoms with van der Waals surface area (Å²) in [5.41, 5.74) is 3.56. The lowest BCUT2D eigenvalue weighted by molar-refractivity contribution is -0.366. The van der Waals surface area contributed by atoms with E-state index in [-0.39, 0.29) is 18.3 Å². The first-order chi connectivity index (χ1) is 3.68. The molecule has 56 valence electrons. The molecule has 0 unspecified atom stereocenters. The van der Waals surface area contributed by atoms with Gasteiger partial charge < -0.3 is 23.0 Å². The van der Waals surface area contributed by atoms with Gasteiger partial charge in [-0.1, -0.05) is 0 Å². The Labute approximate surface area is 61.6 Å². The van der Waals surface area contributed by atoms with Gasteiger partial charge in [-0.05, 0) is 0 Å². The minimum Gasteiger partial charge on any atom is -1.00 e. The fourth-order valence-corrected chi connectivity index (χ4v) is 0.375. The molecule has 3 nitrogen and oxygen atoms in total. The molecule has 0 fully saturated rings. The highest BCUT2D eigenvalue weighted by molar-refractivity contribution is 5.75. The van der Waals surface area contributed by atoms with Crippen LogP contribution in [0.5, 0.6) is 0 Å². The summed E-state index contributed by atoms with van der Waals surface area (Å²) in [5.74, 6) is 0.153. The molecule has 0 radical (unpaired) electrons. The number of amides is 1. The number of hydrogen-bond donors (Lipinski definition) is 1. The number of nitrogens with zero attached hydrogens (tertiary/aromatic N) is 1. The number of halogens is 1. The molecular weight excluding hydrogens is 142 g/mol. The SMILES string of the molecule is CN(C)C(=O)C[14CH2][NH3+].[Cl-]. The van der Waals surface area contributed by atoms with Crippen LogP contribution >= 0.6 is 0 Å². The van der Waals surface area contributed by atoms with Gasteiger partial charge >= 0.3 is 0 Å². The van der Waals surface area contributed by atoms with Crippen molar-refractivity contribution in [3.05, 3.63) is 0 Å². The van der Waals surface area contributed by atoms with Crippen molar-refractivity contribution in [2.75, 3.05) is 20.6 Å². The van der Waals surface area contributed by atoms with Crippen molar-refractivity contribution in [3.63, 3.8) is 0 Å². The zero-order chi connectivity index (χ0) is 6.57. The predicted molar refractivity (Wildman–Crippen MR) is 31.1 cm³/mol. The molecule has 0 aromatic heterocycles. The number of rotatable bonds is 2. The summed E-state index contributed by atoms with van der Waals surface area (Å²) in [4.78, 5) is 12.2. The molecule has 0 heterocycles. The average molecular weight is 155 g/mol. The van der Waals surface area contributed by atoms with Crippen LogP contribution in [0.1, 0.15) is 6.42 Å². The highest BCUT2D eigenvalue weighted by Gasteiger charge is 2.00. The number of quaternary nitrogens is 1. The maximum absolute atomic E-state index is 10.6. The molecule has 9 heavy (non-hydrogen) atoms. The summed E-state index contributed by atoms with van der Waals surface area (Å²) < 4.78 is 0. The van der Waals surface area contributed by atoms with Gasteiger partial charge in [-0.25, -0.2) is 0 Å². The van der Waals surface area contributed by atoms with E-state index in [2.05, 4.69) is 5.73 Å². The molecule has 0 aromatic rings. The van der Waals surface area contributed by atoms with Crippen molar-refractivity contribution >= 4 is 5.91 Å². The van der Waals surface area contributed by atoms with E-state index in [0.29, 0.717) is 13.0 Å². The first-order valence-corrected chi connectivity index (χ1v) is 2.68. The van der Waals surface area contributed by atoms with Crippen LogP contribution in [0.4, 0.5) is 0 Å². The van der Waals surface area contributed by atoms with Crippen LogP contribution < -0.4 is 18.1 Å². The standard InChI is InChI=1S/C5H12N2O.ClH/c1-7(2)5(8)3-4-6;/h3-4,6H2,1-2H3;1H/i4+2;. The van der Waals surface area contributed by atoms with E-state index in [1.807, 2.05) is 0 Å². The Bertz CT molecular complexity index is 85.0. The van der Waals surface area contributed by atoms with Crippen LogP contribution in [-0.2, 0) is 4.79 Å². The fourth-order valence-electron chi connectivity index (χ4n) is 0.375. The lowest BCUT2D eigenvalue weighted by Gasteiger charge is -2.06. The van der Waals surface area contributed by atoms with Crippen LogP contribution in [0.2, 0.25) is 0 Å². The van der Waals surface area contributed by atoms with Gasteiger partial charge in [0.15, 0.2) is 0 Å². The van der Waals surface area contributed by atoms with Crippen LogP contribution in [0, 0.1) is 0 Å². The van der Waals surface area contributed by atoms with Gasteiger partial charge in [-0.2, -0.15) is 0 Å². The maximum Gasteiger partial charge on any atom is 0.227 e. The molecule has 0 atom stereocenters. The molecule has 0 rings (SSSR count). The second-order valence-electron chi connectivity index (χ2n) is 1.89. The monoisotopic (exact) mass is 154 g/mol. The maximum atomic E-state index is 10.6. The Kier molecular flexibility index (Phi) is 7.48. The topological polar surface area (TPSA) is 48.0 Å². The van der Waals surface area contributed by atoms with Gasteiger partial charge in [0.1, 0.15) is 0 Å². The number of hydrogen-bond acceptors (Lipinski definition) is 1. The highest BCUT2D eigenvalue weighted by atomic mass is 35.5. The molecule has 3 N–H and O–H groups in total. The first kappa shape index (κ1) is 11.5. The summed E-state index contributed by atoms with van der Waals surface area (Å²) >= 11 is 0. The molecule has 0 aromatic carbocycles. The second-order valence-corrected chi connectivity index (χ2v) is 1.89. The number of carbonyl (C=O) groups excluding carboxylic acids is 1. The third-order valence-corrected chi connectivity index (χ3v) is 0.889. The van der Waals surface area contributed by atoms with Gasteiger partial charge in [0.25, 0.3) is 0 Å². The summed E-state index contributed by atoms with van der Waals surface area (Å²) in [6.45, 7) is 0.691. The zero-order valence-corrected chi connectivity index (χ0v) is 6.61. The van der Waals surface area contributed by atoms with E-state index in [4.69, 9.17) is 0 Å². The van der Waals surface area contributed by atoms with Crippen LogP contribution in [0.25, 0.3) is 0 Å². The molecule has 0 bridgehead atoms. The Hall–Kier alpha value is -0.280. The van der Waals surface area contributed by atoms with E-state index in [0.717, 1.165) is 0 Å². The third kappa shape index (κ3) is 5.59. The summed E-state index contributed by atoms with van der Waals surface area (Å²) in [6, 6.07) is 0. The smallest absolute Gasteiger partial charge is 0.227 e. The highest BCUT2D eigenvalue weighted by Crippen LogP contribution is 1.80. The minimum atomic E-state index is 0. The zero-order valence-electron chi connectivity index (χ0n) is 5.85. The number of carbonyl (C=O) groups is 1. The molecular formula is C5H13ClN2O. The van der Waals surface area contributed by atoms with E-state index in [1.165, 1.54) is 0 Å². The fraction of sp³-hybridized carbons (Fsp3) is 0.800. The normalized spacial score (nSPS) is 7.89. The third-order valence-electron chi connectivity index (χ3n) is 0.889. The molecule has 4 heteroatoms. The largest absolute Gasteiger partial charge is 1.00 e. The van der Waals surface area contributed by atoms with Crippen molar-refractivity contribution in [1.29, 1.82) is 0 Å². The Balaban J connectivity index is 0. The van der Waals surface area contributed by atoms with E-state index >= 15 is 0 Å². The molecule has 0 aliphatic rings. The Morgan fingerprint density at radius 2 is 2.11 bits per heavy atom. The summed E-state index contributed by atoms with van der Waals surface area (Å²) in [7, 11) is 3.50. The van der Waals surface area contributed by atoms with Crippen LogP contribution in [0.15, 0.2) is 0 Å². The van der Waals surface area contributed by atoms with Crippen molar-refractivity contribution in [2.45, 2.75) is 6.42 Å². The van der Waals surface area contributed by atoms with Gasteiger partial charge in [0, 0.05) is 14.1 Å². The molecule has 0 saturated carbocycles. The summed E-state index contributed by atoms with van der Waals surface area (Å²) in [6.07, 6.45) is 0.562. The Morgan fingerprint density at radius 3 is 2.22 bits per heavy atom. The quantitative estimate of drug-likeness (QED) is 0.430. The molecule has 0 aliphatic heterocycles. The van der Waals surface area contributed by atoms with Gasteiger partial charge in [-0.3, -0.25) is 4.79 Å². The average Bonchev–Trinajstić information content (AvgIpc) is 1.67. The van der Waals surface area contributed by atoms with E-state index < -0.39 is 0 Å². The van der Waals surface area contributed by atoms with Crippen molar-refractivity contribution < 1.29 is 22.9 Å². The Morgan fingerprint density at radius 1 is 1.67 bits per heavy atom. The van der Waals surface area contributed by atoms with Crippen molar-refractivity contribution in [1.82, 2.24) is 4.90 Å².